The van der Waals surface area contributed by atoms with Crippen molar-refractivity contribution in [2.45, 2.75) is 85.1 Å². The van der Waals surface area contributed by atoms with Gasteiger partial charge in [-0.2, -0.15) is 4.90 Å². The van der Waals surface area contributed by atoms with Gasteiger partial charge in [0.2, 0.25) is 11.8 Å². The van der Waals surface area contributed by atoms with Crippen LogP contribution in [-0.4, -0.2) is 46.4 Å². The zero-order valence-corrected chi connectivity index (χ0v) is 27.0. The molecule has 3 N–H and O–H groups in total. The Bertz CT molecular complexity index is 1460. The van der Waals surface area contributed by atoms with Gasteiger partial charge in [0.05, 0.1) is 6.04 Å². The van der Waals surface area contributed by atoms with Crippen LogP contribution in [0.3, 0.4) is 0 Å². The minimum absolute atomic E-state index is 0.203. The number of nitrogens with one attached hydrogen (secondary N) is 1. The Hall–Kier alpha value is -4.50. The standard InChI is InChI=1S/C36H45N3O6/c1-7-36(5,6)45-35(43)39(33(41)25(3)21-29-16-12-11-13-24(29)2)34(42)26(4)38-32(40)31(37)22-27-17-19-30(20-18-27)44-23-28-14-9-8-10-15-28/h8-20,25-26,31H,7,21-23,37H2,1-6H3,(H,38,40)/t25?,26-,31?/m0/s1. The molecule has 0 aliphatic heterocycles. The first-order valence-electron chi connectivity index (χ1n) is 15.3. The number of benzene rings is 3. The molecule has 0 aliphatic carbocycles. The van der Waals surface area contributed by atoms with Crippen LogP contribution in [0.1, 0.15) is 63.3 Å². The van der Waals surface area contributed by atoms with Gasteiger partial charge < -0.3 is 20.5 Å². The van der Waals surface area contributed by atoms with Gasteiger partial charge in [-0.3, -0.25) is 14.4 Å². The van der Waals surface area contributed by atoms with Gasteiger partial charge in [-0.25, -0.2) is 4.79 Å². The van der Waals surface area contributed by atoms with Crippen molar-refractivity contribution in [2.24, 2.45) is 11.7 Å². The number of carbonyl (C=O) groups is 4. The quantitative estimate of drug-likeness (QED) is 0.260. The summed E-state index contributed by atoms with van der Waals surface area (Å²) in [4.78, 5) is 54.0. The summed E-state index contributed by atoms with van der Waals surface area (Å²) in [6, 6.07) is 22.5. The molecule has 0 aliphatic rings. The van der Waals surface area contributed by atoms with Crippen molar-refractivity contribution in [3.63, 3.8) is 0 Å². The van der Waals surface area contributed by atoms with E-state index in [1.807, 2.05) is 80.6 Å². The molecular formula is C36H45N3O6. The Balaban J connectivity index is 1.65. The number of rotatable bonds is 13. The number of aryl methyl sites for hydroxylation is 1. The van der Waals surface area contributed by atoms with Crippen LogP contribution >= 0.6 is 0 Å². The van der Waals surface area contributed by atoms with Gasteiger partial charge in [0, 0.05) is 5.92 Å². The molecule has 9 heteroatoms. The predicted molar refractivity (Wildman–Crippen MR) is 173 cm³/mol. The van der Waals surface area contributed by atoms with Gasteiger partial charge in [0.15, 0.2) is 0 Å². The number of imide groups is 3. The van der Waals surface area contributed by atoms with E-state index in [1.165, 1.54) is 6.92 Å². The van der Waals surface area contributed by atoms with Crippen LogP contribution in [0.2, 0.25) is 0 Å². The van der Waals surface area contributed by atoms with Crippen molar-refractivity contribution in [2.75, 3.05) is 0 Å². The molecule has 0 spiro atoms. The van der Waals surface area contributed by atoms with E-state index in [0.717, 1.165) is 22.3 Å². The minimum Gasteiger partial charge on any atom is -0.489 e. The van der Waals surface area contributed by atoms with Crippen molar-refractivity contribution in [1.29, 1.82) is 0 Å². The lowest BCUT2D eigenvalue weighted by atomic mass is 9.96. The summed E-state index contributed by atoms with van der Waals surface area (Å²) < 4.78 is 11.4. The fraction of sp³-hybridized carbons (Fsp3) is 0.389. The van der Waals surface area contributed by atoms with E-state index in [9.17, 15) is 19.2 Å². The molecular weight excluding hydrogens is 570 g/mol. The number of hydrogen-bond acceptors (Lipinski definition) is 7. The van der Waals surface area contributed by atoms with E-state index in [0.29, 0.717) is 30.1 Å². The first-order valence-corrected chi connectivity index (χ1v) is 15.3. The average molecular weight is 616 g/mol. The SMILES string of the molecule is CCC(C)(C)OC(=O)N(C(=O)C(C)Cc1ccccc1C)C(=O)[C@H](C)NC(=O)C(N)Cc1ccc(OCc2ccccc2)cc1. The van der Waals surface area contributed by atoms with Crippen LogP contribution < -0.4 is 15.8 Å². The second kappa shape index (κ2) is 16.0. The summed E-state index contributed by atoms with van der Waals surface area (Å²) in [5.41, 5.74) is 9.05. The number of ether oxygens (including phenoxy) is 2. The molecule has 0 radical (unpaired) electrons. The van der Waals surface area contributed by atoms with E-state index < -0.39 is 47.4 Å². The molecule has 4 amide bonds. The van der Waals surface area contributed by atoms with Crippen LogP contribution in [0.15, 0.2) is 78.9 Å². The van der Waals surface area contributed by atoms with Crippen molar-refractivity contribution < 1.29 is 28.7 Å². The zero-order valence-electron chi connectivity index (χ0n) is 27.0. The van der Waals surface area contributed by atoms with E-state index in [-0.39, 0.29) is 6.42 Å². The predicted octanol–water partition coefficient (Wildman–Crippen LogP) is 5.51. The van der Waals surface area contributed by atoms with E-state index >= 15 is 0 Å². The maximum atomic E-state index is 13.6. The lowest BCUT2D eigenvalue weighted by Crippen LogP contribution is -2.56. The average Bonchev–Trinajstić information content (AvgIpc) is 3.01. The molecule has 3 aromatic rings. The van der Waals surface area contributed by atoms with Gasteiger partial charge in [0.1, 0.15) is 24.0 Å². The molecule has 9 nitrogen and oxygen atoms in total. The van der Waals surface area contributed by atoms with Crippen LogP contribution in [0.4, 0.5) is 4.79 Å². The fourth-order valence-electron chi connectivity index (χ4n) is 4.50. The zero-order chi connectivity index (χ0) is 33.1. The Kier molecular flexibility index (Phi) is 12.4. The monoisotopic (exact) mass is 615 g/mol. The van der Waals surface area contributed by atoms with Crippen LogP contribution in [0, 0.1) is 12.8 Å². The third-order valence-corrected chi connectivity index (χ3v) is 7.74. The summed E-state index contributed by atoms with van der Waals surface area (Å²) in [5.74, 6) is -2.23. The highest BCUT2D eigenvalue weighted by atomic mass is 16.6. The van der Waals surface area contributed by atoms with E-state index in [1.54, 1.807) is 32.9 Å². The van der Waals surface area contributed by atoms with E-state index in [2.05, 4.69) is 5.32 Å². The molecule has 45 heavy (non-hydrogen) atoms. The molecule has 3 rings (SSSR count). The van der Waals surface area contributed by atoms with Crippen LogP contribution in [-0.2, 0) is 38.6 Å². The molecule has 3 aromatic carbocycles. The maximum Gasteiger partial charge on any atom is 0.424 e. The molecule has 0 saturated heterocycles. The highest BCUT2D eigenvalue weighted by molar-refractivity contribution is 6.11. The topological polar surface area (TPSA) is 128 Å². The third-order valence-electron chi connectivity index (χ3n) is 7.74. The fourth-order valence-corrected chi connectivity index (χ4v) is 4.50. The smallest absolute Gasteiger partial charge is 0.424 e. The van der Waals surface area contributed by atoms with Crippen molar-refractivity contribution >= 4 is 23.8 Å². The third kappa shape index (κ3) is 10.3. The Labute approximate surface area is 266 Å². The van der Waals surface area contributed by atoms with Crippen LogP contribution in [0.5, 0.6) is 5.75 Å². The van der Waals surface area contributed by atoms with E-state index in [4.69, 9.17) is 15.2 Å². The molecule has 0 aromatic heterocycles. The molecule has 3 atom stereocenters. The Morgan fingerprint density at radius 2 is 1.47 bits per heavy atom. The van der Waals surface area contributed by atoms with Crippen molar-refractivity contribution in [3.8, 4) is 5.75 Å². The summed E-state index contributed by atoms with van der Waals surface area (Å²) in [6.45, 7) is 10.7. The van der Waals surface area contributed by atoms with Crippen molar-refractivity contribution in [3.05, 3.63) is 101 Å². The molecule has 0 fully saturated rings. The number of carbonyl (C=O) groups excluding carboxylic acids is 4. The number of amides is 4. The Morgan fingerprint density at radius 3 is 2.09 bits per heavy atom. The number of hydrogen-bond donors (Lipinski definition) is 2. The van der Waals surface area contributed by atoms with Gasteiger partial charge in [-0.1, -0.05) is 80.6 Å². The molecule has 2 unspecified atom stereocenters. The first-order chi connectivity index (χ1) is 21.3. The first kappa shape index (κ1) is 35.0. The number of nitrogens with two attached hydrogens (primary N) is 1. The Morgan fingerprint density at radius 1 is 0.844 bits per heavy atom. The lowest BCUT2D eigenvalue weighted by molar-refractivity contribution is -0.148. The molecule has 0 saturated carbocycles. The van der Waals surface area contributed by atoms with Gasteiger partial charge in [-0.05, 0) is 81.3 Å². The number of nitrogens with zero attached hydrogens (tertiary/aromatic N) is 1. The van der Waals surface area contributed by atoms with Crippen molar-refractivity contribution in [1.82, 2.24) is 10.2 Å². The minimum atomic E-state index is -1.22. The molecule has 0 heterocycles. The summed E-state index contributed by atoms with van der Waals surface area (Å²) in [7, 11) is 0. The largest absolute Gasteiger partial charge is 0.489 e. The summed E-state index contributed by atoms with van der Waals surface area (Å²) in [6.07, 6.45) is -0.0845. The normalized spacial score (nSPS) is 13.2. The summed E-state index contributed by atoms with van der Waals surface area (Å²) in [5, 5.41) is 2.57. The lowest BCUT2D eigenvalue weighted by Gasteiger charge is -2.30. The molecule has 0 bridgehead atoms. The second-order valence-electron chi connectivity index (χ2n) is 12.0. The second-order valence-corrected chi connectivity index (χ2v) is 12.0. The van der Waals surface area contributed by atoms with Gasteiger partial charge in [-0.15, -0.1) is 0 Å². The van der Waals surface area contributed by atoms with Gasteiger partial charge >= 0.3 is 6.09 Å². The van der Waals surface area contributed by atoms with Gasteiger partial charge in [0.25, 0.3) is 5.91 Å². The highest BCUT2D eigenvalue weighted by Gasteiger charge is 2.38. The maximum absolute atomic E-state index is 13.6. The van der Waals surface area contributed by atoms with Crippen LogP contribution in [0.25, 0.3) is 0 Å². The highest BCUT2D eigenvalue weighted by Crippen LogP contribution is 2.20. The summed E-state index contributed by atoms with van der Waals surface area (Å²) >= 11 is 0. The molecule has 240 valence electrons.